The molecule has 1 fully saturated rings. The number of sulfone groups is 1. The van der Waals surface area contributed by atoms with Gasteiger partial charge >= 0.3 is 0 Å². The molecule has 1 aliphatic carbocycles. The molecule has 0 radical (unpaired) electrons. The van der Waals surface area contributed by atoms with Crippen molar-refractivity contribution in [2.75, 3.05) is 5.75 Å². The molecule has 0 spiro atoms. The van der Waals surface area contributed by atoms with Crippen LogP contribution in [0.4, 0.5) is 0 Å². The molecule has 0 aliphatic heterocycles. The van der Waals surface area contributed by atoms with Crippen molar-refractivity contribution in [1.29, 1.82) is 0 Å². The molecule has 3 nitrogen and oxygen atoms in total. The van der Waals surface area contributed by atoms with Gasteiger partial charge in [0.15, 0.2) is 9.84 Å². The SMILES string of the molecule is CCS(=O)(=O)c1ccc(C2(N)CCCC2)cc1. The van der Waals surface area contributed by atoms with E-state index in [0.717, 1.165) is 31.2 Å². The molecule has 0 unspecified atom stereocenters. The van der Waals surface area contributed by atoms with Crippen molar-refractivity contribution in [1.82, 2.24) is 0 Å². The van der Waals surface area contributed by atoms with E-state index < -0.39 is 9.84 Å². The number of nitrogens with two attached hydrogens (primary N) is 1. The number of benzene rings is 1. The predicted octanol–water partition coefficient (Wildman–Crippen LogP) is 2.21. The van der Waals surface area contributed by atoms with E-state index in [0.29, 0.717) is 4.90 Å². The van der Waals surface area contributed by atoms with Crippen molar-refractivity contribution in [2.45, 2.75) is 43.0 Å². The molecule has 1 aromatic rings. The topological polar surface area (TPSA) is 60.2 Å². The first-order chi connectivity index (χ1) is 7.98. The zero-order valence-electron chi connectivity index (χ0n) is 10.1. The van der Waals surface area contributed by atoms with Gasteiger partial charge < -0.3 is 5.73 Å². The van der Waals surface area contributed by atoms with Crippen LogP contribution in [0.25, 0.3) is 0 Å². The third-order valence-electron chi connectivity index (χ3n) is 3.66. The van der Waals surface area contributed by atoms with Gasteiger partial charge in [-0.05, 0) is 30.5 Å². The second-order valence-electron chi connectivity index (χ2n) is 4.79. The molecule has 1 aliphatic rings. The Labute approximate surface area is 103 Å². The fourth-order valence-corrected chi connectivity index (χ4v) is 3.34. The van der Waals surface area contributed by atoms with Crippen LogP contribution in [0.5, 0.6) is 0 Å². The van der Waals surface area contributed by atoms with Crippen LogP contribution in [0.3, 0.4) is 0 Å². The van der Waals surface area contributed by atoms with Crippen LogP contribution < -0.4 is 5.73 Å². The molecule has 0 bridgehead atoms. The zero-order valence-corrected chi connectivity index (χ0v) is 11.0. The first kappa shape index (κ1) is 12.6. The van der Waals surface area contributed by atoms with Gasteiger partial charge in [0.1, 0.15) is 0 Å². The minimum atomic E-state index is -3.10. The molecular formula is C13H19NO2S. The first-order valence-corrected chi connectivity index (χ1v) is 7.75. The van der Waals surface area contributed by atoms with E-state index in [1.54, 1.807) is 19.1 Å². The highest BCUT2D eigenvalue weighted by atomic mass is 32.2. The lowest BCUT2D eigenvalue weighted by atomic mass is 9.90. The third-order valence-corrected chi connectivity index (χ3v) is 5.41. The Morgan fingerprint density at radius 2 is 1.71 bits per heavy atom. The summed E-state index contributed by atoms with van der Waals surface area (Å²) in [4.78, 5) is 0.394. The summed E-state index contributed by atoms with van der Waals surface area (Å²) in [6.07, 6.45) is 4.30. The van der Waals surface area contributed by atoms with E-state index >= 15 is 0 Å². The second kappa shape index (κ2) is 4.42. The van der Waals surface area contributed by atoms with Crippen molar-refractivity contribution in [3.8, 4) is 0 Å². The minimum absolute atomic E-state index is 0.139. The molecule has 0 aromatic heterocycles. The van der Waals surface area contributed by atoms with E-state index in [1.165, 1.54) is 0 Å². The van der Waals surface area contributed by atoms with Crippen molar-refractivity contribution in [3.05, 3.63) is 29.8 Å². The Balaban J connectivity index is 2.30. The van der Waals surface area contributed by atoms with Crippen LogP contribution in [0.15, 0.2) is 29.2 Å². The maximum absolute atomic E-state index is 11.7. The van der Waals surface area contributed by atoms with Gasteiger partial charge in [0.2, 0.25) is 0 Å². The van der Waals surface area contributed by atoms with Crippen LogP contribution in [0.2, 0.25) is 0 Å². The molecule has 1 saturated carbocycles. The Hall–Kier alpha value is -0.870. The van der Waals surface area contributed by atoms with Crippen LogP contribution in [0.1, 0.15) is 38.2 Å². The predicted molar refractivity (Wildman–Crippen MR) is 68.5 cm³/mol. The lowest BCUT2D eigenvalue weighted by molar-refractivity contribution is 0.461. The molecule has 2 N–H and O–H groups in total. The van der Waals surface area contributed by atoms with E-state index in [1.807, 2.05) is 12.1 Å². The lowest BCUT2D eigenvalue weighted by Gasteiger charge is -2.24. The summed E-state index contributed by atoms with van der Waals surface area (Å²) >= 11 is 0. The van der Waals surface area contributed by atoms with Gasteiger partial charge in [0.25, 0.3) is 0 Å². The van der Waals surface area contributed by atoms with Gasteiger partial charge in [-0.3, -0.25) is 0 Å². The molecular weight excluding hydrogens is 234 g/mol. The van der Waals surface area contributed by atoms with Crippen LogP contribution >= 0.6 is 0 Å². The number of rotatable bonds is 3. The Morgan fingerprint density at radius 3 is 2.18 bits per heavy atom. The van der Waals surface area contributed by atoms with Crippen molar-refractivity contribution >= 4 is 9.84 Å². The van der Waals surface area contributed by atoms with Crippen LogP contribution in [-0.2, 0) is 15.4 Å². The molecule has 4 heteroatoms. The fourth-order valence-electron chi connectivity index (χ4n) is 2.46. The Bertz CT molecular complexity index is 485. The summed E-state index contributed by atoms with van der Waals surface area (Å²) in [5.41, 5.74) is 7.14. The molecule has 17 heavy (non-hydrogen) atoms. The van der Waals surface area contributed by atoms with Gasteiger partial charge in [-0.1, -0.05) is 31.9 Å². The van der Waals surface area contributed by atoms with Crippen molar-refractivity contribution in [3.63, 3.8) is 0 Å². The largest absolute Gasteiger partial charge is 0.321 e. The number of hydrogen-bond acceptors (Lipinski definition) is 3. The summed E-state index contributed by atoms with van der Waals surface area (Å²) in [7, 11) is -3.10. The van der Waals surface area contributed by atoms with Crippen LogP contribution in [0, 0.1) is 0 Å². The molecule has 0 saturated heterocycles. The molecule has 0 heterocycles. The van der Waals surface area contributed by atoms with Gasteiger partial charge in [0, 0.05) is 5.54 Å². The maximum atomic E-state index is 11.7. The molecule has 1 aromatic carbocycles. The fraction of sp³-hybridized carbons (Fsp3) is 0.538. The maximum Gasteiger partial charge on any atom is 0.178 e. The van der Waals surface area contributed by atoms with Gasteiger partial charge in [-0.2, -0.15) is 0 Å². The third kappa shape index (κ3) is 2.38. The van der Waals surface area contributed by atoms with E-state index in [-0.39, 0.29) is 11.3 Å². The molecule has 0 atom stereocenters. The molecule has 2 rings (SSSR count). The highest BCUT2D eigenvalue weighted by molar-refractivity contribution is 7.91. The van der Waals surface area contributed by atoms with E-state index in [9.17, 15) is 8.42 Å². The zero-order chi connectivity index (χ0) is 12.5. The second-order valence-corrected chi connectivity index (χ2v) is 7.07. The average Bonchev–Trinajstić information content (AvgIpc) is 2.78. The molecule has 0 amide bonds. The van der Waals surface area contributed by atoms with Gasteiger partial charge in [0.05, 0.1) is 10.6 Å². The highest BCUT2D eigenvalue weighted by Gasteiger charge is 2.31. The number of hydrogen-bond donors (Lipinski definition) is 1. The minimum Gasteiger partial charge on any atom is -0.321 e. The molecule has 94 valence electrons. The highest BCUT2D eigenvalue weighted by Crippen LogP contribution is 2.36. The average molecular weight is 253 g/mol. The lowest BCUT2D eigenvalue weighted by Crippen LogP contribution is -2.32. The monoisotopic (exact) mass is 253 g/mol. The Morgan fingerprint density at radius 1 is 1.18 bits per heavy atom. The van der Waals surface area contributed by atoms with Crippen molar-refractivity contribution in [2.24, 2.45) is 5.73 Å². The standard InChI is InChI=1S/C13H19NO2S/c1-2-17(15,16)12-7-5-11(6-8-12)13(14)9-3-4-10-13/h5-8H,2-4,9-10,14H2,1H3. The summed E-state index contributed by atoms with van der Waals surface area (Å²) < 4.78 is 23.4. The quantitative estimate of drug-likeness (QED) is 0.898. The summed E-state index contributed by atoms with van der Waals surface area (Å²) in [5.74, 6) is 0.139. The summed E-state index contributed by atoms with van der Waals surface area (Å²) in [6, 6.07) is 7.10. The van der Waals surface area contributed by atoms with E-state index in [2.05, 4.69) is 0 Å². The smallest absolute Gasteiger partial charge is 0.178 e. The Kier molecular flexibility index (Phi) is 3.27. The summed E-state index contributed by atoms with van der Waals surface area (Å²) in [6.45, 7) is 1.66. The van der Waals surface area contributed by atoms with Crippen LogP contribution in [-0.4, -0.2) is 14.2 Å². The van der Waals surface area contributed by atoms with Crippen molar-refractivity contribution < 1.29 is 8.42 Å². The first-order valence-electron chi connectivity index (χ1n) is 6.10. The normalized spacial score (nSPS) is 19.4. The van der Waals surface area contributed by atoms with E-state index in [4.69, 9.17) is 5.73 Å². The van der Waals surface area contributed by atoms with Gasteiger partial charge in [-0.25, -0.2) is 8.42 Å². The van der Waals surface area contributed by atoms with Gasteiger partial charge in [-0.15, -0.1) is 0 Å². The summed E-state index contributed by atoms with van der Waals surface area (Å²) in [5, 5.41) is 0.